The van der Waals surface area contributed by atoms with Crippen molar-refractivity contribution in [3.05, 3.63) is 0 Å². The van der Waals surface area contributed by atoms with Crippen LogP contribution in [-0.2, 0) is 83.4 Å². The fourth-order valence-electron chi connectivity index (χ4n) is 0. The third kappa shape index (κ3) is 108. The Labute approximate surface area is 134 Å². The van der Waals surface area contributed by atoms with Crippen LogP contribution in [0.1, 0.15) is 0 Å². The van der Waals surface area contributed by atoms with Gasteiger partial charge >= 0.3 is 45.4 Å². The van der Waals surface area contributed by atoms with Crippen LogP contribution in [0.4, 0.5) is 0 Å². The molecule has 0 heterocycles. The van der Waals surface area contributed by atoms with E-state index in [4.69, 9.17) is 6.91 Å². The van der Waals surface area contributed by atoms with E-state index in [1.807, 2.05) is 15.9 Å². The Bertz CT molecular complexity index is 29.2. The van der Waals surface area contributed by atoms with Gasteiger partial charge in [-0.25, -0.2) is 0 Å². The van der Waals surface area contributed by atoms with Crippen molar-refractivity contribution in [1.82, 2.24) is 0 Å². The predicted octanol–water partition coefficient (Wildman–Crippen LogP) is -3.38. The summed E-state index contributed by atoms with van der Waals surface area (Å²) in [6, 6.07) is 0. The second-order valence-electron chi connectivity index (χ2n) is 0. The van der Waals surface area contributed by atoms with E-state index in [9.17, 15) is 0 Å². The van der Waals surface area contributed by atoms with Gasteiger partial charge in [-0.3, -0.25) is 0 Å². The van der Waals surface area contributed by atoms with Crippen molar-refractivity contribution in [1.29, 1.82) is 0 Å². The molecule has 8 radical (unpaired) electrons. The Hall–Kier alpha value is 3.36. The van der Waals surface area contributed by atoms with Gasteiger partial charge in [-0.2, -0.15) is 0 Å². The molecule has 0 aliphatic heterocycles. The molecule has 0 aliphatic carbocycles. The minimum atomic E-state index is 0. The van der Waals surface area contributed by atoms with Crippen LogP contribution in [0.5, 0.6) is 0 Å². The van der Waals surface area contributed by atoms with E-state index in [0.29, 0.717) is 22.5 Å². The maximum absolute atomic E-state index is 8.34. The molecular formula is H6BFeMnO2Si2SnTi2. The van der Waals surface area contributed by atoms with E-state index in [1.165, 1.54) is 0 Å². The first-order valence-electron chi connectivity index (χ1n) is 0.348. The molecule has 10 heteroatoms. The summed E-state index contributed by atoms with van der Waals surface area (Å²) in [7, 11) is 0. The standard InChI is InChI=1S/B.Fe.Mn.2O.2H3Si.Sn.2Ti/h;;;;;2*1H3;;;. The Morgan fingerprint density at radius 1 is 0.900 bits per heavy atom. The molecule has 0 rings (SSSR count). The first-order valence-corrected chi connectivity index (χ1v) is 1.96. The third-order valence-electron chi connectivity index (χ3n) is 0. The van der Waals surface area contributed by atoms with Gasteiger partial charge in [0.2, 0.25) is 0 Å². The van der Waals surface area contributed by atoms with Crippen molar-refractivity contribution in [2.24, 2.45) is 0 Å². The Morgan fingerprint density at radius 2 is 0.900 bits per heavy atom. The minimum absolute atomic E-state index is 0. The summed E-state index contributed by atoms with van der Waals surface area (Å²) in [6.45, 7) is 0. The molecule has 56 valence electrons. The summed E-state index contributed by atoms with van der Waals surface area (Å²) in [5.41, 5.74) is 0. The topological polar surface area (TPSA) is 34.1 Å². The third-order valence-corrected chi connectivity index (χ3v) is 0. The van der Waals surface area contributed by atoms with Crippen LogP contribution in [0.2, 0.25) is 0 Å². The minimum Gasteiger partial charge on any atom is -0.0125 e. The molecule has 0 saturated heterocycles. The maximum atomic E-state index is 8.34. The van der Waals surface area contributed by atoms with Crippen molar-refractivity contribution >= 4 is 52.9 Å². The number of hydrogen-bond acceptors (Lipinski definition) is 2. The van der Waals surface area contributed by atoms with Gasteiger partial charge in [0.1, 0.15) is 0 Å². The van der Waals surface area contributed by atoms with Gasteiger partial charge in [-0.15, -0.1) is 0 Å². The number of rotatable bonds is 0. The zero-order valence-electron chi connectivity index (χ0n) is 5.63. The summed E-state index contributed by atoms with van der Waals surface area (Å²) in [5, 5.41) is 0. The Morgan fingerprint density at radius 3 is 0.900 bits per heavy atom. The predicted molar refractivity (Wildman–Crippen MR) is 32.8 cm³/mol. The van der Waals surface area contributed by atoms with E-state index in [1.54, 1.807) is 0 Å². The first kappa shape index (κ1) is 71.0. The van der Waals surface area contributed by atoms with E-state index in [0.717, 1.165) is 0 Å². The van der Waals surface area contributed by atoms with Gasteiger partial charge in [-0.05, 0) is 21.9 Å². The smallest absolute Gasteiger partial charge is 0 e. The molecule has 0 atom stereocenters. The van der Waals surface area contributed by atoms with Crippen LogP contribution in [0, 0.1) is 0 Å². The molecule has 0 aliphatic rings. The molecule has 0 N–H and O–H groups in total. The van der Waals surface area contributed by atoms with Gasteiger partial charge in [0.05, 0.1) is 0 Å². The van der Waals surface area contributed by atoms with Gasteiger partial charge in [0.25, 0.3) is 0 Å². The zero-order chi connectivity index (χ0) is 4.00. The summed E-state index contributed by atoms with van der Waals surface area (Å²) in [4.78, 5) is 0. The molecule has 10 heavy (non-hydrogen) atoms. The molecule has 0 saturated carbocycles. The van der Waals surface area contributed by atoms with Crippen LogP contribution in [-0.4, -0.2) is 52.9 Å². The molecule has 0 amide bonds. The molecular weight excluding hydrogens is 424 g/mol. The largest absolute Gasteiger partial charge is 0.0125 e. The van der Waals surface area contributed by atoms with Gasteiger partial charge < -0.3 is 0 Å². The van der Waals surface area contributed by atoms with Crippen LogP contribution in [0.15, 0.2) is 0 Å². The zero-order valence-corrected chi connectivity index (χ0v) is 17.9. The van der Waals surface area contributed by atoms with E-state index >= 15 is 0 Å². The molecule has 2 nitrogen and oxygen atoms in total. The fraction of sp³-hybridized carbons (Fsp3) is 0. The molecule has 0 unspecified atom stereocenters. The van der Waals surface area contributed by atoms with Crippen molar-refractivity contribution in [2.45, 2.75) is 0 Å². The SMILES string of the molecule is [B].[Mn].[O]=[Fe].[O]=[Sn].[SiH3].[SiH3].[Ti].[Ti]. The van der Waals surface area contributed by atoms with Gasteiger partial charge in [-0.1, -0.05) is 0 Å². The normalized spacial score (nSPS) is 0.900. The van der Waals surface area contributed by atoms with Crippen molar-refractivity contribution < 1.29 is 83.4 Å². The van der Waals surface area contributed by atoms with E-state index < -0.39 is 0 Å². The van der Waals surface area contributed by atoms with Gasteiger partial charge in [0.15, 0.2) is 0 Å². The van der Waals surface area contributed by atoms with E-state index in [2.05, 4.69) is 0 Å². The summed E-state index contributed by atoms with van der Waals surface area (Å²) in [5.74, 6) is 0. The molecule has 0 aromatic carbocycles. The quantitative estimate of drug-likeness (QED) is 0.376. The van der Waals surface area contributed by atoms with Crippen molar-refractivity contribution in [3.63, 3.8) is 0 Å². The molecule has 0 fully saturated rings. The van der Waals surface area contributed by atoms with Crippen LogP contribution in [0.3, 0.4) is 0 Å². The summed E-state index contributed by atoms with van der Waals surface area (Å²) >= 11 is 2.30. The average Bonchev–Trinajstić information content (AvgIpc) is 1.50. The Kier molecular flexibility index (Phi) is 1000. The maximum Gasteiger partial charge on any atom is 0 e. The molecule has 0 bridgehead atoms. The molecule has 0 aromatic heterocycles. The second kappa shape index (κ2) is 141. The summed E-state index contributed by atoms with van der Waals surface area (Å²) < 4.78 is 16.3. The van der Waals surface area contributed by atoms with Crippen LogP contribution < -0.4 is 0 Å². The second-order valence-corrected chi connectivity index (χ2v) is 0. The fourth-order valence-corrected chi connectivity index (χ4v) is 0. The van der Waals surface area contributed by atoms with Crippen molar-refractivity contribution in [3.8, 4) is 0 Å². The molecule has 0 spiro atoms. The van der Waals surface area contributed by atoms with Crippen molar-refractivity contribution in [2.75, 3.05) is 0 Å². The van der Waals surface area contributed by atoms with Gasteiger partial charge in [0, 0.05) is 68.9 Å². The monoisotopic (exact) mass is 432 g/mol. The van der Waals surface area contributed by atoms with E-state index in [-0.39, 0.29) is 90.8 Å². The molecule has 0 aromatic rings. The van der Waals surface area contributed by atoms with Crippen LogP contribution >= 0.6 is 0 Å². The average molecular weight is 430 g/mol. The Balaban J connectivity index is -0.000000000833. The summed E-state index contributed by atoms with van der Waals surface area (Å²) in [6.07, 6.45) is 0. The number of hydrogen-bond donors (Lipinski definition) is 0. The first-order chi connectivity index (χ1) is 2.00. The van der Waals surface area contributed by atoms with Crippen LogP contribution in [0.25, 0.3) is 0 Å².